The van der Waals surface area contributed by atoms with Crippen LogP contribution in [0.3, 0.4) is 0 Å². The Labute approximate surface area is 190 Å². The summed E-state index contributed by atoms with van der Waals surface area (Å²) in [6.07, 6.45) is 1.38. The van der Waals surface area contributed by atoms with Crippen LogP contribution in [0.5, 0.6) is 5.75 Å². The van der Waals surface area contributed by atoms with Gasteiger partial charge in [0.25, 0.3) is 0 Å². The molecule has 5 heteroatoms. The molecule has 0 saturated carbocycles. The molecule has 0 radical (unpaired) electrons. The van der Waals surface area contributed by atoms with Crippen LogP contribution in [0.2, 0.25) is 0 Å². The molecule has 4 rings (SSSR count). The molecule has 3 aromatic rings. The molecule has 1 aliphatic rings. The van der Waals surface area contributed by atoms with Gasteiger partial charge in [0.05, 0.1) is 19.8 Å². The number of carbonyl (C=O) groups excluding carboxylic acids is 1. The van der Waals surface area contributed by atoms with Crippen LogP contribution >= 0.6 is 0 Å². The fourth-order valence-corrected chi connectivity index (χ4v) is 4.52. The van der Waals surface area contributed by atoms with Crippen molar-refractivity contribution in [2.75, 3.05) is 33.8 Å². The number of fused-ring (bicyclic) bond motifs is 1. The number of methoxy groups -OCH3 is 1. The molecule has 3 aromatic carbocycles. The molecule has 168 valence electrons. The topological polar surface area (TPSA) is 53.0 Å². The van der Waals surface area contributed by atoms with Crippen LogP contribution in [0.25, 0.3) is 10.8 Å². The lowest BCUT2D eigenvalue weighted by Gasteiger charge is -2.34. The first-order valence-electron chi connectivity index (χ1n) is 11.3. The van der Waals surface area contributed by atoms with Crippen molar-refractivity contribution in [3.8, 4) is 5.75 Å². The Morgan fingerprint density at radius 3 is 2.47 bits per heavy atom. The average Bonchev–Trinajstić information content (AvgIpc) is 2.84. The third-order valence-corrected chi connectivity index (χ3v) is 6.54. The molecule has 1 saturated heterocycles. The largest absolute Gasteiger partial charge is 0.497 e. The van der Waals surface area contributed by atoms with Crippen molar-refractivity contribution in [2.24, 2.45) is 5.92 Å². The number of aliphatic hydroxyl groups is 1. The van der Waals surface area contributed by atoms with Crippen molar-refractivity contribution < 1.29 is 14.6 Å². The van der Waals surface area contributed by atoms with Gasteiger partial charge in [-0.05, 0) is 71.9 Å². The van der Waals surface area contributed by atoms with Gasteiger partial charge >= 0.3 is 0 Å². The Kier molecular flexibility index (Phi) is 7.08. The molecule has 0 aromatic heterocycles. The maximum Gasteiger partial charge on any atom is 0.236 e. The summed E-state index contributed by atoms with van der Waals surface area (Å²) in [6, 6.07) is 22.2. The molecule has 0 spiro atoms. The molecule has 1 heterocycles. The predicted octanol–water partition coefficient (Wildman–Crippen LogP) is 4.25. The number of carbonyl (C=O) groups is 1. The molecule has 0 aliphatic carbocycles. The van der Waals surface area contributed by atoms with Crippen molar-refractivity contribution in [3.63, 3.8) is 0 Å². The molecule has 5 nitrogen and oxygen atoms in total. The summed E-state index contributed by atoms with van der Waals surface area (Å²) in [7, 11) is 3.54. The zero-order valence-electron chi connectivity index (χ0n) is 18.9. The van der Waals surface area contributed by atoms with Crippen molar-refractivity contribution in [1.29, 1.82) is 0 Å². The number of aliphatic hydroxyl groups excluding tert-OH is 1. The number of ether oxygens (including phenoxy) is 1. The molecule has 32 heavy (non-hydrogen) atoms. The lowest BCUT2D eigenvalue weighted by molar-refractivity contribution is -0.132. The number of piperidine rings is 1. The molecule has 0 bridgehead atoms. The SMILES string of the molecule is COc1ccc2cc(CN(C)C(=O)CN3CCC([C@@H](O)c4ccccc4)CC3)ccc2c1. The predicted molar refractivity (Wildman–Crippen MR) is 128 cm³/mol. The van der Waals surface area contributed by atoms with Crippen LogP contribution in [0, 0.1) is 5.92 Å². The fourth-order valence-electron chi connectivity index (χ4n) is 4.52. The highest BCUT2D eigenvalue weighted by Gasteiger charge is 2.27. The Morgan fingerprint density at radius 1 is 1.06 bits per heavy atom. The summed E-state index contributed by atoms with van der Waals surface area (Å²) in [5.41, 5.74) is 2.10. The standard InChI is InChI=1S/C27H32N2O3/c1-28(18-20-8-9-24-17-25(32-2)11-10-23(24)16-20)26(30)19-29-14-12-22(13-15-29)27(31)21-6-4-3-5-7-21/h3-11,16-17,22,27,31H,12-15,18-19H2,1-2H3/t27-/m0/s1. The van der Waals surface area contributed by atoms with Crippen LogP contribution < -0.4 is 4.74 Å². The Hall–Kier alpha value is -2.89. The second-order valence-corrected chi connectivity index (χ2v) is 8.77. The molecule has 1 amide bonds. The van der Waals surface area contributed by atoms with Crippen molar-refractivity contribution in [2.45, 2.75) is 25.5 Å². The molecule has 0 unspecified atom stereocenters. The van der Waals surface area contributed by atoms with E-state index in [4.69, 9.17) is 4.74 Å². The van der Waals surface area contributed by atoms with Gasteiger partial charge in [-0.15, -0.1) is 0 Å². The quantitative estimate of drug-likeness (QED) is 0.606. The normalized spacial score (nSPS) is 16.1. The summed E-state index contributed by atoms with van der Waals surface area (Å²) in [5, 5.41) is 12.9. The molecule has 1 aliphatic heterocycles. The van der Waals surface area contributed by atoms with Gasteiger partial charge in [-0.1, -0.05) is 48.5 Å². The summed E-state index contributed by atoms with van der Waals surface area (Å²) in [4.78, 5) is 16.8. The molecule has 1 N–H and O–H groups in total. The molecular formula is C27H32N2O3. The Morgan fingerprint density at radius 2 is 1.75 bits per heavy atom. The van der Waals surface area contributed by atoms with Gasteiger partial charge in [-0.25, -0.2) is 0 Å². The highest BCUT2D eigenvalue weighted by atomic mass is 16.5. The zero-order chi connectivity index (χ0) is 22.5. The second kappa shape index (κ2) is 10.2. The van der Waals surface area contributed by atoms with Gasteiger partial charge in [-0.3, -0.25) is 9.69 Å². The fraction of sp³-hybridized carbons (Fsp3) is 0.370. The average molecular weight is 433 g/mol. The van der Waals surface area contributed by atoms with Crippen LogP contribution in [-0.2, 0) is 11.3 Å². The lowest BCUT2D eigenvalue weighted by Crippen LogP contribution is -2.42. The lowest BCUT2D eigenvalue weighted by atomic mass is 9.87. The maximum absolute atomic E-state index is 12.8. The van der Waals surface area contributed by atoms with E-state index >= 15 is 0 Å². The minimum absolute atomic E-state index is 0.127. The van der Waals surface area contributed by atoms with E-state index in [-0.39, 0.29) is 11.8 Å². The van der Waals surface area contributed by atoms with Crippen LogP contribution in [-0.4, -0.2) is 54.6 Å². The van der Waals surface area contributed by atoms with Crippen molar-refractivity contribution in [1.82, 2.24) is 9.80 Å². The van der Waals surface area contributed by atoms with Crippen LogP contribution in [0.4, 0.5) is 0 Å². The van der Waals surface area contributed by atoms with E-state index in [1.807, 2.05) is 55.6 Å². The number of benzene rings is 3. The first-order chi connectivity index (χ1) is 15.5. The van der Waals surface area contributed by atoms with E-state index < -0.39 is 6.10 Å². The summed E-state index contributed by atoms with van der Waals surface area (Å²) in [6.45, 7) is 2.69. The first-order valence-corrected chi connectivity index (χ1v) is 11.3. The number of hydrogen-bond acceptors (Lipinski definition) is 4. The zero-order valence-corrected chi connectivity index (χ0v) is 18.9. The van der Waals surface area contributed by atoms with E-state index in [9.17, 15) is 9.90 Å². The number of amides is 1. The number of nitrogens with zero attached hydrogens (tertiary/aromatic N) is 2. The van der Waals surface area contributed by atoms with Gasteiger partial charge in [0, 0.05) is 13.6 Å². The van der Waals surface area contributed by atoms with Gasteiger partial charge in [0.15, 0.2) is 0 Å². The maximum atomic E-state index is 12.8. The van der Waals surface area contributed by atoms with E-state index in [1.165, 1.54) is 0 Å². The highest BCUT2D eigenvalue weighted by molar-refractivity contribution is 5.84. The van der Waals surface area contributed by atoms with E-state index in [0.717, 1.165) is 53.6 Å². The van der Waals surface area contributed by atoms with Crippen LogP contribution in [0.1, 0.15) is 30.1 Å². The minimum atomic E-state index is -0.426. The minimum Gasteiger partial charge on any atom is -0.497 e. The number of hydrogen-bond donors (Lipinski definition) is 1. The van der Waals surface area contributed by atoms with Gasteiger partial charge in [0.1, 0.15) is 5.75 Å². The number of rotatable bonds is 7. The van der Waals surface area contributed by atoms with Crippen molar-refractivity contribution in [3.05, 3.63) is 77.9 Å². The third kappa shape index (κ3) is 5.29. The van der Waals surface area contributed by atoms with Crippen LogP contribution in [0.15, 0.2) is 66.7 Å². The van der Waals surface area contributed by atoms with E-state index in [0.29, 0.717) is 13.1 Å². The smallest absolute Gasteiger partial charge is 0.236 e. The van der Waals surface area contributed by atoms with E-state index in [2.05, 4.69) is 23.1 Å². The van der Waals surface area contributed by atoms with E-state index in [1.54, 1.807) is 12.0 Å². The summed E-state index contributed by atoms with van der Waals surface area (Å²) in [5.74, 6) is 1.22. The molecular weight excluding hydrogens is 400 g/mol. The molecule has 1 atom stereocenters. The van der Waals surface area contributed by atoms with Gasteiger partial charge in [0.2, 0.25) is 5.91 Å². The third-order valence-electron chi connectivity index (χ3n) is 6.54. The van der Waals surface area contributed by atoms with Gasteiger partial charge in [-0.2, -0.15) is 0 Å². The number of likely N-dealkylation sites (tertiary alicyclic amines) is 1. The Balaban J connectivity index is 1.28. The Bertz CT molecular complexity index is 1050. The highest BCUT2D eigenvalue weighted by Crippen LogP contribution is 2.30. The first kappa shape index (κ1) is 22.3. The second-order valence-electron chi connectivity index (χ2n) is 8.77. The number of likely N-dealkylation sites (N-methyl/N-ethyl adjacent to an activating group) is 1. The molecule has 1 fully saturated rings. The van der Waals surface area contributed by atoms with Crippen molar-refractivity contribution >= 4 is 16.7 Å². The van der Waals surface area contributed by atoms with Gasteiger partial charge < -0.3 is 14.7 Å². The summed E-state index contributed by atoms with van der Waals surface area (Å²) < 4.78 is 5.29. The monoisotopic (exact) mass is 432 g/mol. The summed E-state index contributed by atoms with van der Waals surface area (Å²) >= 11 is 0.